The highest BCUT2D eigenvalue weighted by molar-refractivity contribution is 7.07. The summed E-state index contributed by atoms with van der Waals surface area (Å²) in [5.41, 5.74) is 1.22. The van der Waals surface area contributed by atoms with Gasteiger partial charge in [0.25, 0.3) is 0 Å². The summed E-state index contributed by atoms with van der Waals surface area (Å²) in [5.74, 6) is 0.426. The van der Waals surface area contributed by atoms with Gasteiger partial charge in [0.05, 0.1) is 17.7 Å². The highest BCUT2D eigenvalue weighted by Crippen LogP contribution is 2.16. The second-order valence-electron chi connectivity index (χ2n) is 5.85. The molecule has 24 heavy (non-hydrogen) atoms. The predicted octanol–water partition coefficient (Wildman–Crippen LogP) is 3.42. The molecule has 3 heterocycles. The zero-order chi connectivity index (χ0) is 16.8. The van der Waals surface area contributed by atoms with Crippen molar-refractivity contribution in [2.75, 3.05) is 25.0 Å². The van der Waals surface area contributed by atoms with Crippen molar-refractivity contribution in [3.63, 3.8) is 0 Å². The van der Waals surface area contributed by atoms with Gasteiger partial charge in [0, 0.05) is 25.9 Å². The van der Waals surface area contributed by atoms with Crippen molar-refractivity contribution in [2.45, 2.75) is 25.5 Å². The van der Waals surface area contributed by atoms with Crippen LogP contribution in [0.1, 0.15) is 18.4 Å². The van der Waals surface area contributed by atoms with E-state index in [0.29, 0.717) is 17.4 Å². The lowest BCUT2D eigenvalue weighted by Gasteiger charge is -2.24. The largest absolute Gasteiger partial charge is 0.377 e. The van der Waals surface area contributed by atoms with Gasteiger partial charge in [0.15, 0.2) is 0 Å². The molecular formula is C17H20ClN3O2S. The number of anilines is 1. The third kappa shape index (κ3) is 5.27. The number of hydrogen-bond donors (Lipinski definition) is 1. The number of aromatic nitrogens is 1. The van der Waals surface area contributed by atoms with E-state index in [9.17, 15) is 4.79 Å². The van der Waals surface area contributed by atoms with Gasteiger partial charge in [-0.2, -0.15) is 11.3 Å². The molecule has 128 valence electrons. The number of carbonyl (C=O) groups is 1. The summed E-state index contributed by atoms with van der Waals surface area (Å²) in [6.45, 7) is 2.63. The van der Waals surface area contributed by atoms with Gasteiger partial charge < -0.3 is 10.1 Å². The summed E-state index contributed by atoms with van der Waals surface area (Å²) in [7, 11) is 0. The van der Waals surface area contributed by atoms with Gasteiger partial charge in [-0.15, -0.1) is 0 Å². The minimum absolute atomic E-state index is 0.0851. The zero-order valence-corrected chi connectivity index (χ0v) is 14.9. The van der Waals surface area contributed by atoms with E-state index in [1.807, 2.05) is 0 Å². The van der Waals surface area contributed by atoms with Crippen LogP contribution < -0.4 is 5.32 Å². The molecule has 1 aliphatic rings. The van der Waals surface area contributed by atoms with Crippen LogP contribution in [0.4, 0.5) is 5.82 Å². The molecule has 5 nitrogen and oxygen atoms in total. The Morgan fingerprint density at radius 1 is 1.46 bits per heavy atom. The highest BCUT2D eigenvalue weighted by Gasteiger charge is 2.21. The van der Waals surface area contributed by atoms with Crippen molar-refractivity contribution >= 4 is 34.7 Å². The van der Waals surface area contributed by atoms with E-state index in [1.54, 1.807) is 23.5 Å². The van der Waals surface area contributed by atoms with Crippen molar-refractivity contribution in [1.29, 1.82) is 0 Å². The highest BCUT2D eigenvalue weighted by atomic mass is 35.5. The second-order valence-corrected chi connectivity index (χ2v) is 7.06. The molecule has 1 N–H and O–H groups in total. The van der Waals surface area contributed by atoms with E-state index in [1.165, 1.54) is 11.8 Å². The Bertz CT molecular complexity index is 642. The molecule has 2 aromatic rings. The maximum atomic E-state index is 12.3. The molecule has 0 bridgehead atoms. The van der Waals surface area contributed by atoms with Gasteiger partial charge >= 0.3 is 0 Å². The summed E-state index contributed by atoms with van der Waals surface area (Å²) in [6.07, 6.45) is 3.88. The molecule has 3 rings (SSSR count). The molecule has 1 atom stereocenters. The summed E-state index contributed by atoms with van der Waals surface area (Å²) in [5, 5.41) is 7.53. The number of rotatable bonds is 7. The van der Waals surface area contributed by atoms with Crippen molar-refractivity contribution in [1.82, 2.24) is 9.88 Å². The normalized spacial score (nSPS) is 17.3. The van der Waals surface area contributed by atoms with Crippen LogP contribution >= 0.6 is 22.9 Å². The molecule has 2 aromatic heterocycles. The first-order chi connectivity index (χ1) is 11.7. The Labute approximate surface area is 150 Å². The van der Waals surface area contributed by atoms with Crippen LogP contribution in [0.25, 0.3) is 0 Å². The Balaban J connectivity index is 1.58. The number of nitrogens with one attached hydrogen (secondary N) is 1. The molecule has 0 saturated carbocycles. The summed E-state index contributed by atoms with van der Waals surface area (Å²) in [6, 6.07) is 5.50. The zero-order valence-electron chi connectivity index (χ0n) is 13.3. The van der Waals surface area contributed by atoms with Gasteiger partial charge in [-0.1, -0.05) is 11.6 Å². The molecule has 1 fully saturated rings. The number of halogens is 1. The molecular weight excluding hydrogens is 346 g/mol. The standard InChI is InChI=1S/C17H20ClN3O2S/c18-14-3-4-16(19-8-14)20-17(22)11-21(9-13-5-7-24-12-13)10-15-2-1-6-23-15/h3-5,7-8,12,15H,1-2,6,9-11H2,(H,19,20,22). The maximum absolute atomic E-state index is 12.3. The lowest BCUT2D eigenvalue weighted by atomic mass is 10.2. The lowest BCUT2D eigenvalue weighted by Crippen LogP contribution is -2.37. The number of carbonyl (C=O) groups excluding carboxylic acids is 1. The third-order valence-electron chi connectivity index (χ3n) is 3.83. The number of nitrogens with zero attached hydrogens (tertiary/aromatic N) is 2. The SMILES string of the molecule is O=C(CN(Cc1ccsc1)CC1CCCO1)Nc1ccc(Cl)cn1. The predicted molar refractivity (Wildman–Crippen MR) is 96.4 cm³/mol. The van der Waals surface area contributed by atoms with E-state index < -0.39 is 0 Å². The smallest absolute Gasteiger partial charge is 0.239 e. The Hall–Kier alpha value is -1.47. The number of pyridine rings is 1. The van der Waals surface area contributed by atoms with E-state index in [0.717, 1.165) is 32.5 Å². The molecule has 1 unspecified atom stereocenters. The molecule has 0 radical (unpaired) electrons. The number of ether oxygens (including phenoxy) is 1. The fraction of sp³-hybridized carbons (Fsp3) is 0.412. The van der Waals surface area contributed by atoms with Crippen molar-refractivity contribution < 1.29 is 9.53 Å². The Kier molecular flexibility index (Phi) is 6.20. The van der Waals surface area contributed by atoms with Crippen LogP contribution in [0.15, 0.2) is 35.2 Å². The van der Waals surface area contributed by atoms with Gasteiger partial charge in [-0.3, -0.25) is 9.69 Å². The average Bonchev–Trinajstić information content (AvgIpc) is 3.23. The molecule has 0 aromatic carbocycles. The fourth-order valence-electron chi connectivity index (χ4n) is 2.74. The van der Waals surface area contributed by atoms with Gasteiger partial charge in [0.1, 0.15) is 5.82 Å². The van der Waals surface area contributed by atoms with Crippen molar-refractivity contribution in [3.05, 3.63) is 45.7 Å². The van der Waals surface area contributed by atoms with Crippen LogP contribution in [0, 0.1) is 0 Å². The Morgan fingerprint density at radius 3 is 3.04 bits per heavy atom. The summed E-state index contributed by atoms with van der Waals surface area (Å²) < 4.78 is 5.72. The quantitative estimate of drug-likeness (QED) is 0.816. The number of hydrogen-bond acceptors (Lipinski definition) is 5. The van der Waals surface area contributed by atoms with Crippen LogP contribution in [-0.4, -0.2) is 41.6 Å². The monoisotopic (exact) mass is 365 g/mol. The van der Waals surface area contributed by atoms with Crippen molar-refractivity contribution in [2.24, 2.45) is 0 Å². The first kappa shape index (κ1) is 17.4. The van der Waals surface area contributed by atoms with Crippen LogP contribution in [0.2, 0.25) is 5.02 Å². The molecule has 0 aliphatic carbocycles. The van der Waals surface area contributed by atoms with Gasteiger partial charge in [0.2, 0.25) is 5.91 Å². The molecule has 1 amide bonds. The first-order valence-corrected chi connectivity index (χ1v) is 9.27. The topological polar surface area (TPSA) is 54.5 Å². The Morgan fingerprint density at radius 2 is 2.38 bits per heavy atom. The van der Waals surface area contributed by atoms with E-state index >= 15 is 0 Å². The third-order valence-corrected chi connectivity index (χ3v) is 4.79. The van der Waals surface area contributed by atoms with Crippen molar-refractivity contribution in [3.8, 4) is 0 Å². The van der Waals surface area contributed by atoms with Crippen LogP contribution in [0.3, 0.4) is 0 Å². The fourth-order valence-corrected chi connectivity index (χ4v) is 3.51. The minimum Gasteiger partial charge on any atom is -0.377 e. The van der Waals surface area contributed by atoms with E-state index in [2.05, 4.69) is 32.0 Å². The summed E-state index contributed by atoms with van der Waals surface area (Å²) >= 11 is 7.48. The molecule has 0 spiro atoms. The second kappa shape index (κ2) is 8.58. The molecule has 7 heteroatoms. The van der Waals surface area contributed by atoms with E-state index in [4.69, 9.17) is 16.3 Å². The molecule has 1 saturated heterocycles. The van der Waals surface area contributed by atoms with E-state index in [-0.39, 0.29) is 12.0 Å². The van der Waals surface area contributed by atoms with Gasteiger partial charge in [-0.05, 0) is 47.4 Å². The number of thiophene rings is 1. The first-order valence-electron chi connectivity index (χ1n) is 7.95. The number of amides is 1. The molecule has 1 aliphatic heterocycles. The summed E-state index contributed by atoms with van der Waals surface area (Å²) in [4.78, 5) is 18.6. The van der Waals surface area contributed by atoms with Crippen LogP contribution in [0.5, 0.6) is 0 Å². The minimum atomic E-state index is -0.0851. The maximum Gasteiger partial charge on any atom is 0.239 e. The lowest BCUT2D eigenvalue weighted by molar-refractivity contribution is -0.117. The van der Waals surface area contributed by atoms with Gasteiger partial charge in [-0.25, -0.2) is 4.98 Å². The average molecular weight is 366 g/mol. The van der Waals surface area contributed by atoms with Crippen LogP contribution in [-0.2, 0) is 16.1 Å².